The van der Waals surface area contributed by atoms with Gasteiger partial charge in [0.25, 0.3) is 0 Å². The van der Waals surface area contributed by atoms with Gasteiger partial charge in [0.15, 0.2) is 0 Å². The highest BCUT2D eigenvalue weighted by molar-refractivity contribution is 6.35. The second kappa shape index (κ2) is 5.26. The molecule has 1 aromatic heterocycles. The Morgan fingerprint density at radius 1 is 1.24 bits per heavy atom. The van der Waals surface area contributed by atoms with E-state index >= 15 is 0 Å². The van der Waals surface area contributed by atoms with Crippen LogP contribution in [0.25, 0.3) is 22.2 Å². The van der Waals surface area contributed by atoms with Crippen molar-refractivity contribution in [2.24, 2.45) is 0 Å². The van der Waals surface area contributed by atoms with Gasteiger partial charge < -0.3 is 10.1 Å². The Labute approximate surface area is 127 Å². The van der Waals surface area contributed by atoms with Gasteiger partial charge in [0.05, 0.1) is 22.7 Å². The Balaban J connectivity index is 2.30. The summed E-state index contributed by atoms with van der Waals surface area (Å²) in [7, 11) is 0. The van der Waals surface area contributed by atoms with Crippen LogP contribution in [0.1, 0.15) is 11.1 Å². The maximum absolute atomic E-state index is 11.2. The first-order chi connectivity index (χ1) is 10.1. The van der Waals surface area contributed by atoms with E-state index in [2.05, 4.69) is 4.98 Å². The van der Waals surface area contributed by atoms with Crippen LogP contribution in [-0.2, 0) is 11.2 Å². The van der Waals surface area contributed by atoms with E-state index in [1.807, 2.05) is 43.3 Å². The van der Waals surface area contributed by atoms with Gasteiger partial charge in [-0.15, -0.1) is 0 Å². The Morgan fingerprint density at radius 2 is 2.00 bits per heavy atom. The van der Waals surface area contributed by atoms with Crippen molar-refractivity contribution in [1.82, 2.24) is 4.98 Å². The molecule has 4 heteroatoms. The maximum atomic E-state index is 11.2. The molecule has 0 fully saturated rings. The fourth-order valence-corrected chi connectivity index (χ4v) is 2.84. The van der Waals surface area contributed by atoms with Crippen LogP contribution in [0.5, 0.6) is 0 Å². The lowest BCUT2D eigenvalue weighted by Crippen LogP contribution is -2.00. The number of aromatic amines is 1. The third kappa shape index (κ3) is 2.52. The average molecular weight is 300 g/mol. The highest BCUT2D eigenvalue weighted by Gasteiger charge is 2.17. The Hall–Kier alpha value is -2.26. The number of aliphatic carboxylic acids is 1. The molecule has 3 nitrogen and oxygen atoms in total. The van der Waals surface area contributed by atoms with E-state index < -0.39 is 5.97 Å². The second-order valence-electron chi connectivity index (χ2n) is 5.08. The molecular formula is C17H14ClNO2. The predicted octanol–water partition coefficient (Wildman–Crippen LogP) is 4.42. The summed E-state index contributed by atoms with van der Waals surface area (Å²) in [6.45, 7) is 2.01. The molecule has 3 rings (SSSR count). The van der Waals surface area contributed by atoms with Crippen LogP contribution < -0.4 is 0 Å². The van der Waals surface area contributed by atoms with E-state index in [1.165, 1.54) is 0 Å². The number of halogens is 1. The molecule has 0 amide bonds. The average Bonchev–Trinajstić information content (AvgIpc) is 2.79. The fourth-order valence-electron chi connectivity index (χ4n) is 2.62. The van der Waals surface area contributed by atoms with Gasteiger partial charge in [-0.1, -0.05) is 47.5 Å². The van der Waals surface area contributed by atoms with Crippen molar-refractivity contribution >= 4 is 28.5 Å². The zero-order chi connectivity index (χ0) is 15.0. The van der Waals surface area contributed by atoms with Gasteiger partial charge in [0, 0.05) is 5.39 Å². The molecule has 0 aliphatic rings. The molecule has 2 N–H and O–H groups in total. The van der Waals surface area contributed by atoms with Crippen molar-refractivity contribution in [3.63, 3.8) is 0 Å². The molecular weight excluding hydrogens is 286 g/mol. The standard InChI is InChI=1S/C17H14ClNO2/c1-10-4-2-5-11(8-10)16-13(9-15(20)21)12-6-3-7-14(18)17(12)19-16/h2-8,19H,9H2,1H3,(H,20,21). The number of carbonyl (C=O) groups is 1. The summed E-state index contributed by atoms with van der Waals surface area (Å²) in [5.41, 5.74) is 4.47. The van der Waals surface area contributed by atoms with E-state index in [-0.39, 0.29) is 6.42 Å². The van der Waals surface area contributed by atoms with Gasteiger partial charge in [-0.3, -0.25) is 4.79 Å². The maximum Gasteiger partial charge on any atom is 0.307 e. The van der Waals surface area contributed by atoms with Crippen LogP contribution in [0.3, 0.4) is 0 Å². The lowest BCUT2D eigenvalue weighted by Gasteiger charge is -2.04. The van der Waals surface area contributed by atoms with Crippen molar-refractivity contribution < 1.29 is 9.90 Å². The van der Waals surface area contributed by atoms with E-state index in [0.717, 1.165) is 33.3 Å². The van der Waals surface area contributed by atoms with Crippen molar-refractivity contribution in [2.75, 3.05) is 0 Å². The summed E-state index contributed by atoms with van der Waals surface area (Å²) in [5, 5.41) is 10.7. The topological polar surface area (TPSA) is 53.1 Å². The number of carboxylic acid groups (broad SMARTS) is 1. The van der Waals surface area contributed by atoms with E-state index in [9.17, 15) is 9.90 Å². The highest BCUT2D eigenvalue weighted by Crippen LogP contribution is 2.34. The number of para-hydroxylation sites is 1. The predicted molar refractivity (Wildman–Crippen MR) is 84.8 cm³/mol. The Kier molecular flexibility index (Phi) is 3.43. The number of aromatic nitrogens is 1. The zero-order valence-corrected chi connectivity index (χ0v) is 12.2. The van der Waals surface area contributed by atoms with Gasteiger partial charge >= 0.3 is 5.97 Å². The molecule has 2 aromatic carbocycles. The van der Waals surface area contributed by atoms with E-state index in [0.29, 0.717) is 5.02 Å². The number of H-pyrrole nitrogens is 1. The molecule has 21 heavy (non-hydrogen) atoms. The Morgan fingerprint density at radius 3 is 2.71 bits per heavy atom. The van der Waals surface area contributed by atoms with Gasteiger partial charge in [-0.2, -0.15) is 0 Å². The molecule has 0 aliphatic carbocycles. The summed E-state index contributed by atoms with van der Waals surface area (Å²) < 4.78 is 0. The summed E-state index contributed by atoms with van der Waals surface area (Å²) in [4.78, 5) is 14.5. The van der Waals surface area contributed by atoms with E-state index in [4.69, 9.17) is 11.6 Å². The molecule has 106 valence electrons. The van der Waals surface area contributed by atoms with Gasteiger partial charge in [0.1, 0.15) is 0 Å². The number of hydrogen-bond acceptors (Lipinski definition) is 1. The minimum atomic E-state index is -0.857. The van der Waals surface area contributed by atoms with Crippen molar-refractivity contribution in [3.8, 4) is 11.3 Å². The van der Waals surface area contributed by atoms with Crippen LogP contribution in [0.4, 0.5) is 0 Å². The first-order valence-corrected chi connectivity index (χ1v) is 7.02. The second-order valence-corrected chi connectivity index (χ2v) is 5.49. The number of nitrogens with one attached hydrogen (secondary N) is 1. The molecule has 0 saturated carbocycles. The van der Waals surface area contributed by atoms with Gasteiger partial charge in [0.2, 0.25) is 0 Å². The quantitative estimate of drug-likeness (QED) is 0.752. The minimum absolute atomic E-state index is 0.0381. The number of benzene rings is 2. The lowest BCUT2D eigenvalue weighted by atomic mass is 10.0. The first-order valence-electron chi connectivity index (χ1n) is 6.64. The zero-order valence-electron chi connectivity index (χ0n) is 11.5. The van der Waals surface area contributed by atoms with Crippen LogP contribution in [-0.4, -0.2) is 16.1 Å². The number of aryl methyl sites for hydroxylation is 1. The van der Waals surface area contributed by atoms with Crippen molar-refractivity contribution in [1.29, 1.82) is 0 Å². The number of rotatable bonds is 3. The van der Waals surface area contributed by atoms with Gasteiger partial charge in [-0.05, 0) is 30.2 Å². The molecule has 0 spiro atoms. The summed E-state index contributed by atoms with van der Waals surface area (Å²) >= 11 is 6.22. The molecule has 0 atom stereocenters. The van der Waals surface area contributed by atoms with Crippen LogP contribution >= 0.6 is 11.6 Å². The SMILES string of the molecule is Cc1cccc(-c2[nH]c3c(Cl)cccc3c2CC(=O)O)c1. The van der Waals surface area contributed by atoms with Gasteiger partial charge in [-0.25, -0.2) is 0 Å². The summed E-state index contributed by atoms with van der Waals surface area (Å²) in [6, 6.07) is 13.5. The lowest BCUT2D eigenvalue weighted by molar-refractivity contribution is -0.136. The van der Waals surface area contributed by atoms with Crippen LogP contribution in [0.2, 0.25) is 5.02 Å². The summed E-state index contributed by atoms with van der Waals surface area (Å²) in [5.74, 6) is -0.857. The molecule has 0 unspecified atom stereocenters. The summed E-state index contributed by atoms with van der Waals surface area (Å²) in [6.07, 6.45) is -0.0381. The molecule has 1 heterocycles. The third-order valence-corrected chi connectivity index (χ3v) is 3.84. The largest absolute Gasteiger partial charge is 0.481 e. The number of fused-ring (bicyclic) bond motifs is 1. The minimum Gasteiger partial charge on any atom is -0.481 e. The van der Waals surface area contributed by atoms with E-state index in [1.54, 1.807) is 6.07 Å². The molecule has 0 bridgehead atoms. The molecule has 0 saturated heterocycles. The molecule has 0 radical (unpaired) electrons. The normalized spacial score (nSPS) is 11.0. The Bertz CT molecular complexity index is 836. The number of hydrogen-bond donors (Lipinski definition) is 2. The third-order valence-electron chi connectivity index (χ3n) is 3.53. The van der Waals surface area contributed by atoms with Crippen LogP contribution in [0.15, 0.2) is 42.5 Å². The number of carboxylic acids is 1. The highest BCUT2D eigenvalue weighted by atomic mass is 35.5. The molecule has 0 aliphatic heterocycles. The van der Waals surface area contributed by atoms with Crippen molar-refractivity contribution in [2.45, 2.75) is 13.3 Å². The van der Waals surface area contributed by atoms with Crippen LogP contribution in [0, 0.1) is 6.92 Å². The first kappa shape index (κ1) is 13.7. The smallest absolute Gasteiger partial charge is 0.307 e. The fraction of sp³-hybridized carbons (Fsp3) is 0.118. The van der Waals surface area contributed by atoms with Crippen molar-refractivity contribution in [3.05, 3.63) is 58.6 Å². The monoisotopic (exact) mass is 299 g/mol. The molecule has 3 aromatic rings.